The fraction of sp³-hybridized carbons (Fsp3) is 0.133. The fourth-order valence-electron chi connectivity index (χ4n) is 2.21. The normalized spacial score (nSPS) is 10.7. The number of anilines is 1. The lowest BCUT2D eigenvalue weighted by Crippen LogP contribution is -2.11. The maximum absolute atomic E-state index is 12.2. The van der Waals surface area contributed by atoms with Gasteiger partial charge < -0.3 is 0 Å². The van der Waals surface area contributed by atoms with Crippen LogP contribution in [0.1, 0.15) is 21.6 Å². The van der Waals surface area contributed by atoms with E-state index in [1.807, 2.05) is 19.9 Å². The summed E-state index contributed by atoms with van der Waals surface area (Å²) in [5.74, 6) is -0.442. The van der Waals surface area contributed by atoms with Gasteiger partial charge in [0.2, 0.25) is 0 Å². The molecule has 2 aromatic heterocycles. The standard InChI is InChI=1S/C15H12N4O3S/c1-8-6-9(2)16-13-12(8)23-15(17-13)18-14(20)10-4-3-5-11(7-10)19(21)22/h3-7H,1-2H3,(H,16,17,18,20). The van der Waals surface area contributed by atoms with Gasteiger partial charge in [-0.1, -0.05) is 17.4 Å². The van der Waals surface area contributed by atoms with Gasteiger partial charge in [0.1, 0.15) is 0 Å². The number of hydrogen-bond acceptors (Lipinski definition) is 6. The highest BCUT2D eigenvalue weighted by Gasteiger charge is 2.14. The smallest absolute Gasteiger partial charge is 0.270 e. The van der Waals surface area contributed by atoms with Gasteiger partial charge in [0.15, 0.2) is 10.8 Å². The lowest BCUT2D eigenvalue weighted by molar-refractivity contribution is -0.384. The summed E-state index contributed by atoms with van der Waals surface area (Å²) in [6, 6.07) is 7.51. The molecule has 7 nitrogen and oxygen atoms in total. The van der Waals surface area contributed by atoms with Gasteiger partial charge in [-0.15, -0.1) is 0 Å². The third kappa shape index (κ3) is 3.02. The van der Waals surface area contributed by atoms with E-state index in [-0.39, 0.29) is 11.3 Å². The van der Waals surface area contributed by atoms with Crippen molar-refractivity contribution in [3.63, 3.8) is 0 Å². The predicted octanol–water partition coefficient (Wildman–Crippen LogP) is 3.47. The molecule has 1 aromatic carbocycles. The van der Waals surface area contributed by atoms with Crippen LogP contribution in [0.15, 0.2) is 30.3 Å². The molecule has 3 rings (SSSR count). The van der Waals surface area contributed by atoms with Crippen LogP contribution in [-0.4, -0.2) is 20.8 Å². The maximum atomic E-state index is 12.2. The van der Waals surface area contributed by atoms with Crippen LogP contribution in [0.3, 0.4) is 0 Å². The molecule has 8 heteroatoms. The zero-order chi connectivity index (χ0) is 16.6. The first-order chi connectivity index (χ1) is 10.9. The SMILES string of the molecule is Cc1cc(C)c2sc(NC(=O)c3cccc([N+](=O)[O-])c3)nc2n1. The molecule has 0 aliphatic rings. The lowest BCUT2D eigenvalue weighted by atomic mass is 10.2. The number of thiazole rings is 1. The molecule has 116 valence electrons. The molecule has 0 bridgehead atoms. The third-order valence-corrected chi connectivity index (χ3v) is 4.31. The molecular formula is C15H12N4O3S. The first-order valence-electron chi connectivity index (χ1n) is 6.74. The topological polar surface area (TPSA) is 98.0 Å². The second-order valence-electron chi connectivity index (χ2n) is 5.01. The summed E-state index contributed by atoms with van der Waals surface area (Å²) in [4.78, 5) is 31.1. The van der Waals surface area contributed by atoms with Crippen molar-refractivity contribution < 1.29 is 9.72 Å². The Morgan fingerprint density at radius 1 is 1.26 bits per heavy atom. The molecule has 2 heterocycles. The number of rotatable bonds is 3. The minimum Gasteiger partial charge on any atom is -0.298 e. The highest BCUT2D eigenvalue weighted by Crippen LogP contribution is 2.28. The van der Waals surface area contributed by atoms with E-state index in [2.05, 4.69) is 15.3 Å². The number of hydrogen-bond donors (Lipinski definition) is 1. The Morgan fingerprint density at radius 2 is 2.04 bits per heavy atom. The van der Waals surface area contributed by atoms with E-state index in [9.17, 15) is 14.9 Å². The van der Waals surface area contributed by atoms with Gasteiger partial charge in [0.05, 0.1) is 9.62 Å². The molecule has 0 spiro atoms. The number of nitrogens with one attached hydrogen (secondary N) is 1. The third-order valence-electron chi connectivity index (χ3n) is 3.21. The molecule has 0 aliphatic heterocycles. The summed E-state index contributed by atoms with van der Waals surface area (Å²) < 4.78 is 0.907. The average Bonchev–Trinajstić information content (AvgIpc) is 2.90. The van der Waals surface area contributed by atoms with Crippen LogP contribution >= 0.6 is 11.3 Å². The van der Waals surface area contributed by atoms with Crippen LogP contribution in [0.4, 0.5) is 10.8 Å². The average molecular weight is 328 g/mol. The van der Waals surface area contributed by atoms with Gasteiger partial charge in [0, 0.05) is 23.4 Å². The molecule has 0 unspecified atom stereocenters. The van der Waals surface area contributed by atoms with Gasteiger partial charge in [0.25, 0.3) is 11.6 Å². The van der Waals surface area contributed by atoms with E-state index in [0.29, 0.717) is 10.8 Å². The highest BCUT2D eigenvalue weighted by atomic mass is 32.1. The van der Waals surface area contributed by atoms with Crippen molar-refractivity contribution in [3.05, 3.63) is 57.3 Å². The Balaban J connectivity index is 1.90. The molecule has 0 atom stereocenters. The number of fused-ring (bicyclic) bond motifs is 1. The maximum Gasteiger partial charge on any atom is 0.270 e. The molecule has 1 N–H and O–H groups in total. The lowest BCUT2D eigenvalue weighted by Gasteiger charge is -2.01. The second kappa shape index (κ2) is 5.73. The molecule has 3 aromatic rings. The summed E-state index contributed by atoms with van der Waals surface area (Å²) in [7, 11) is 0. The van der Waals surface area contributed by atoms with Crippen LogP contribution in [0.2, 0.25) is 0 Å². The quantitative estimate of drug-likeness (QED) is 0.586. The number of carbonyl (C=O) groups is 1. The van der Waals surface area contributed by atoms with Crippen LogP contribution in [0, 0.1) is 24.0 Å². The first-order valence-corrected chi connectivity index (χ1v) is 7.56. The molecule has 0 saturated carbocycles. The molecule has 0 aliphatic carbocycles. The van der Waals surface area contributed by atoms with Gasteiger partial charge in [-0.3, -0.25) is 20.2 Å². The van der Waals surface area contributed by atoms with E-state index in [1.165, 1.54) is 35.6 Å². The second-order valence-corrected chi connectivity index (χ2v) is 6.01. The number of aryl methyl sites for hydroxylation is 2. The Labute approximate surface area is 135 Å². The summed E-state index contributed by atoms with van der Waals surface area (Å²) in [6.45, 7) is 3.84. The molecule has 0 fully saturated rings. The van der Waals surface area contributed by atoms with Crippen molar-refractivity contribution in [2.75, 3.05) is 5.32 Å². The van der Waals surface area contributed by atoms with Crippen molar-refractivity contribution in [1.29, 1.82) is 0 Å². The number of pyridine rings is 1. The van der Waals surface area contributed by atoms with Crippen molar-refractivity contribution in [3.8, 4) is 0 Å². The molecule has 1 amide bonds. The van der Waals surface area contributed by atoms with E-state index >= 15 is 0 Å². The van der Waals surface area contributed by atoms with Crippen molar-refractivity contribution in [1.82, 2.24) is 9.97 Å². The Morgan fingerprint density at radius 3 is 2.78 bits per heavy atom. The zero-order valence-electron chi connectivity index (χ0n) is 12.4. The van der Waals surface area contributed by atoms with Gasteiger partial charge in [-0.25, -0.2) is 4.98 Å². The van der Waals surface area contributed by atoms with Crippen molar-refractivity contribution in [2.24, 2.45) is 0 Å². The van der Waals surface area contributed by atoms with Gasteiger partial charge in [-0.2, -0.15) is 4.98 Å². The Hall–Kier alpha value is -2.87. The first kappa shape index (κ1) is 15.0. The Kier molecular flexibility index (Phi) is 3.75. The zero-order valence-corrected chi connectivity index (χ0v) is 13.2. The summed E-state index contributed by atoms with van der Waals surface area (Å²) in [6.07, 6.45) is 0. The van der Waals surface area contributed by atoms with E-state index in [0.717, 1.165) is 16.0 Å². The largest absolute Gasteiger partial charge is 0.298 e. The van der Waals surface area contributed by atoms with Crippen LogP contribution < -0.4 is 5.32 Å². The molecule has 23 heavy (non-hydrogen) atoms. The summed E-state index contributed by atoms with van der Waals surface area (Å²) in [5, 5.41) is 13.9. The number of nitro benzene ring substituents is 1. The molecular weight excluding hydrogens is 316 g/mol. The number of benzene rings is 1. The number of amides is 1. The van der Waals surface area contributed by atoms with Crippen LogP contribution in [0.5, 0.6) is 0 Å². The molecule has 0 saturated heterocycles. The monoisotopic (exact) mass is 328 g/mol. The van der Waals surface area contributed by atoms with Crippen molar-refractivity contribution in [2.45, 2.75) is 13.8 Å². The Bertz CT molecular complexity index is 936. The predicted molar refractivity (Wildman–Crippen MR) is 87.9 cm³/mol. The van der Waals surface area contributed by atoms with Crippen LogP contribution in [0.25, 0.3) is 10.3 Å². The van der Waals surface area contributed by atoms with Crippen molar-refractivity contribution >= 4 is 38.4 Å². The summed E-state index contributed by atoms with van der Waals surface area (Å²) >= 11 is 1.33. The number of non-ortho nitro benzene ring substituents is 1. The van der Waals surface area contributed by atoms with Crippen LogP contribution in [-0.2, 0) is 0 Å². The number of aromatic nitrogens is 2. The molecule has 0 radical (unpaired) electrons. The van der Waals surface area contributed by atoms with E-state index in [4.69, 9.17) is 0 Å². The number of nitro groups is 1. The summed E-state index contributed by atoms with van der Waals surface area (Å²) in [5.41, 5.74) is 2.56. The minimum absolute atomic E-state index is 0.130. The van der Waals surface area contributed by atoms with E-state index < -0.39 is 10.8 Å². The van der Waals surface area contributed by atoms with E-state index in [1.54, 1.807) is 0 Å². The number of carbonyl (C=O) groups excluding carboxylic acids is 1. The van der Waals surface area contributed by atoms with Gasteiger partial charge >= 0.3 is 0 Å². The number of nitrogens with zero attached hydrogens (tertiary/aromatic N) is 3. The van der Waals surface area contributed by atoms with Gasteiger partial charge in [-0.05, 0) is 31.5 Å². The minimum atomic E-state index is -0.537. The highest BCUT2D eigenvalue weighted by molar-refractivity contribution is 7.22. The fourth-order valence-corrected chi connectivity index (χ4v) is 3.08.